The molecule has 0 bridgehead atoms. The number of nitrogens with zero attached hydrogens (tertiary/aromatic N) is 4. The lowest BCUT2D eigenvalue weighted by Crippen LogP contribution is -2.46. The van der Waals surface area contributed by atoms with Crippen LogP contribution in [-0.4, -0.2) is 57.3 Å². The Bertz CT molecular complexity index is 581. The molecule has 2 fully saturated rings. The van der Waals surface area contributed by atoms with Crippen molar-refractivity contribution in [1.29, 1.82) is 0 Å². The van der Waals surface area contributed by atoms with Gasteiger partial charge in [-0.3, -0.25) is 9.59 Å². The third-order valence-corrected chi connectivity index (χ3v) is 4.86. The summed E-state index contributed by atoms with van der Waals surface area (Å²) >= 11 is 0. The van der Waals surface area contributed by atoms with Gasteiger partial charge in [-0.25, -0.2) is 4.98 Å². The molecular formula is C17H26N4O2. The van der Waals surface area contributed by atoms with Crippen molar-refractivity contribution in [3.05, 3.63) is 18.2 Å². The number of piperidine rings is 1. The second-order valence-corrected chi connectivity index (χ2v) is 6.90. The highest BCUT2D eigenvalue weighted by Gasteiger charge is 2.29. The Morgan fingerprint density at radius 2 is 2.17 bits per heavy atom. The van der Waals surface area contributed by atoms with Crippen LogP contribution in [-0.2, 0) is 9.59 Å². The lowest BCUT2D eigenvalue weighted by atomic mass is 10.0. The first-order valence-corrected chi connectivity index (χ1v) is 8.64. The van der Waals surface area contributed by atoms with Crippen LogP contribution in [0.15, 0.2) is 12.4 Å². The number of likely N-dealkylation sites (tertiary alicyclic amines) is 2. The van der Waals surface area contributed by atoms with Crippen molar-refractivity contribution in [3.63, 3.8) is 0 Å². The zero-order valence-electron chi connectivity index (χ0n) is 14.1. The quantitative estimate of drug-likeness (QED) is 0.850. The fraction of sp³-hybridized carbons (Fsp3) is 0.706. The zero-order chi connectivity index (χ0) is 16.4. The number of imidazole rings is 1. The maximum Gasteiger partial charge on any atom is 0.242 e. The monoisotopic (exact) mass is 318 g/mol. The van der Waals surface area contributed by atoms with E-state index in [4.69, 9.17) is 0 Å². The second kappa shape index (κ2) is 6.72. The van der Waals surface area contributed by atoms with Gasteiger partial charge >= 0.3 is 0 Å². The van der Waals surface area contributed by atoms with Crippen molar-refractivity contribution >= 4 is 11.8 Å². The van der Waals surface area contributed by atoms with Gasteiger partial charge in [0.1, 0.15) is 5.82 Å². The molecule has 0 aromatic carbocycles. The van der Waals surface area contributed by atoms with Crippen molar-refractivity contribution in [2.75, 3.05) is 26.2 Å². The summed E-state index contributed by atoms with van der Waals surface area (Å²) in [4.78, 5) is 32.3. The fourth-order valence-electron chi connectivity index (χ4n) is 3.62. The molecule has 0 N–H and O–H groups in total. The van der Waals surface area contributed by atoms with Crippen LogP contribution >= 0.6 is 0 Å². The molecule has 0 saturated carbocycles. The summed E-state index contributed by atoms with van der Waals surface area (Å²) in [5.41, 5.74) is 0. The van der Waals surface area contributed by atoms with E-state index < -0.39 is 0 Å². The van der Waals surface area contributed by atoms with Crippen LogP contribution in [0.3, 0.4) is 0 Å². The number of rotatable bonds is 4. The number of aromatic nitrogens is 2. The SMILES string of the molecule is CC(C)c1nccn1C1CCCN(C(=O)CN2CCCC2=O)C1. The number of amides is 2. The van der Waals surface area contributed by atoms with E-state index in [0.717, 1.165) is 44.7 Å². The van der Waals surface area contributed by atoms with E-state index in [2.05, 4.69) is 23.4 Å². The Hall–Kier alpha value is -1.85. The lowest BCUT2D eigenvalue weighted by molar-refractivity contribution is -0.139. The fourth-order valence-corrected chi connectivity index (χ4v) is 3.62. The smallest absolute Gasteiger partial charge is 0.242 e. The maximum absolute atomic E-state index is 12.5. The lowest BCUT2D eigenvalue weighted by Gasteiger charge is -2.35. The number of carbonyl (C=O) groups excluding carboxylic acids is 2. The molecular weight excluding hydrogens is 292 g/mol. The van der Waals surface area contributed by atoms with Crippen molar-refractivity contribution in [2.24, 2.45) is 0 Å². The number of hydrogen-bond donors (Lipinski definition) is 0. The molecule has 6 heteroatoms. The largest absolute Gasteiger partial charge is 0.339 e. The van der Waals surface area contributed by atoms with Crippen LogP contribution in [0.5, 0.6) is 0 Å². The number of hydrogen-bond acceptors (Lipinski definition) is 3. The first kappa shape index (κ1) is 16.0. The first-order chi connectivity index (χ1) is 11.1. The average Bonchev–Trinajstić information content (AvgIpc) is 3.17. The van der Waals surface area contributed by atoms with E-state index in [1.54, 1.807) is 4.90 Å². The summed E-state index contributed by atoms with van der Waals surface area (Å²) in [5.74, 6) is 1.65. The molecule has 23 heavy (non-hydrogen) atoms. The summed E-state index contributed by atoms with van der Waals surface area (Å²) < 4.78 is 2.23. The van der Waals surface area contributed by atoms with Crippen molar-refractivity contribution in [2.45, 2.75) is 51.5 Å². The van der Waals surface area contributed by atoms with Crippen molar-refractivity contribution in [1.82, 2.24) is 19.4 Å². The van der Waals surface area contributed by atoms with Gasteiger partial charge in [0.25, 0.3) is 0 Å². The van der Waals surface area contributed by atoms with Crippen molar-refractivity contribution in [3.8, 4) is 0 Å². The average molecular weight is 318 g/mol. The molecule has 1 atom stereocenters. The van der Waals surface area contributed by atoms with Gasteiger partial charge < -0.3 is 14.4 Å². The van der Waals surface area contributed by atoms with Gasteiger partial charge in [-0.15, -0.1) is 0 Å². The molecule has 2 aliphatic heterocycles. The first-order valence-electron chi connectivity index (χ1n) is 8.64. The Morgan fingerprint density at radius 1 is 1.35 bits per heavy atom. The molecule has 1 aromatic heterocycles. The topological polar surface area (TPSA) is 58.4 Å². The molecule has 1 unspecified atom stereocenters. The van der Waals surface area contributed by atoms with Crippen LogP contribution in [0.25, 0.3) is 0 Å². The highest BCUT2D eigenvalue weighted by Crippen LogP contribution is 2.25. The molecule has 2 saturated heterocycles. The minimum atomic E-state index is 0.0798. The highest BCUT2D eigenvalue weighted by molar-refractivity contribution is 5.85. The van der Waals surface area contributed by atoms with E-state index in [0.29, 0.717) is 18.4 Å². The Labute approximate surface area is 137 Å². The van der Waals surface area contributed by atoms with Gasteiger partial charge in [-0.05, 0) is 19.3 Å². The molecule has 1 aromatic rings. The molecule has 126 valence electrons. The molecule has 0 radical (unpaired) electrons. The predicted molar refractivity (Wildman–Crippen MR) is 87.0 cm³/mol. The Morgan fingerprint density at radius 3 is 2.87 bits per heavy atom. The molecule has 2 amide bonds. The van der Waals surface area contributed by atoms with Crippen LogP contribution < -0.4 is 0 Å². The second-order valence-electron chi connectivity index (χ2n) is 6.90. The third kappa shape index (κ3) is 3.41. The normalized spacial score (nSPS) is 22.2. The minimum absolute atomic E-state index is 0.0798. The van der Waals surface area contributed by atoms with E-state index in [1.807, 2.05) is 17.3 Å². The highest BCUT2D eigenvalue weighted by atomic mass is 16.2. The standard InChI is InChI=1S/C17H26N4O2/c1-13(2)17-18-7-10-21(17)14-5-3-8-19(11-14)16(23)12-20-9-4-6-15(20)22/h7,10,13-14H,3-6,8-9,11-12H2,1-2H3. The molecule has 2 aliphatic rings. The summed E-state index contributed by atoms with van der Waals surface area (Å²) in [6, 6.07) is 0.293. The van der Waals surface area contributed by atoms with Crippen LogP contribution in [0.1, 0.15) is 57.3 Å². The van der Waals surface area contributed by atoms with Gasteiger partial charge in [-0.2, -0.15) is 0 Å². The summed E-state index contributed by atoms with van der Waals surface area (Å²) in [5, 5.41) is 0. The van der Waals surface area contributed by atoms with Gasteiger partial charge in [0, 0.05) is 44.4 Å². The van der Waals surface area contributed by atoms with Gasteiger partial charge in [0.05, 0.1) is 12.6 Å². The van der Waals surface area contributed by atoms with E-state index >= 15 is 0 Å². The molecule has 0 aliphatic carbocycles. The number of carbonyl (C=O) groups is 2. The maximum atomic E-state index is 12.5. The van der Waals surface area contributed by atoms with E-state index in [9.17, 15) is 9.59 Å². The minimum Gasteiger partial charge on any atom is -0.339 e. The summed E-state index contributed by atoms with van der Waals surface area (Å²) in [7, 11) is 0. The summed E-state index contributed by atoms with van der Waals surface area (Å²) in [6.07, 6.45) is 7.41. The van der Waals surface area contributed by atoms with Crippen LogP contribution in [0, 0.1) is 0 Å². The van der Waals surface area contributed by atoms with Gasteiger partial charge in [-0.1, -0.05) is 13.8 Å². The van der Waals surface area contributed by atoms with Gasteiger partial charge in [0.15, 0.2) is 0 Å². The Balaban J connectivity index is 1.64. The molecule has 3 rings (SSSR count). The Kier molecular flexibility index (Phi) is 4.68. The third-order valence-electron chi connectivity index (χ3n) is 4.86. The van der Waals surface area contributed by atoms with E-state index in [-0.39, 0.29) is 18.4 Å². The van der Waals surface area contributed by atoms with Crippen LogP contribution in [0.2, 0.25) is 0 Å². The van der Waals surface area contributed by atoms with Crippen molar-refractivity contribution < 1.29 is 9.59 Å². The van der Waals surface area contributed by atoms with Crippen LogP contribution in [0.4, 0.5) is 0 Å². The van der Waals surface area contributed by atoms with Gasteiger partial charge in [0.2, 0.25) is 11.8 Å². The molecule has 3 heterocycles. The van der Waals surface area contributed by atoms with E-state index in [1.165, 1.54) is 0 Å². The summed E-state index contributed by atoms with van der Waals surface area (Å²) in [6.45, 7) is 6.76. The molecule has 6 nitrogen and oxygen atoms in total. The predicted octanol–water partition coefficient (Wildman–Crippen LogP) is 1.79. The molecule has 0 spiro atoms. The zero-order valence-corrected chi connectivity index (χ0v) is 14.1.